The Morgan fingerprint density at radius 1 is 0.905 bits per heavy atom. The van der Waals surface area contributed by atoms with Crippen molar-refractivity contribution in [3.05, 3.63) is 48.0 Å². The molecule has 3 aromatic rings. The molecule has 0 saturated heterocycles. The van der Waals surface area contributed by atoms with Crippen LogP contribution < -0.4 is 5.73 Å². The fourth-order valence-corrected chi connectivity index (χ4v) is 2.94. The number of unbranched alkanes of at least 4 members (excludes halogenated alkanes) is 3. The molecule has 0 saturated carbocycles. The molecule has 0 bridgehead atoms. The molecule has 3 rings (SSSR count). The highest BCUT2D eigenvalue weighted by Crippen LogP contribution is 2.28. The Hall–Kier alpha value is -2.09. The van der Waals surface area contributed by atoms with E-state index in [0.29, 0.717) is 5.82 Å². The van der Waals surface area contributed by atoms with Gasteiger partial charge in [-0.1, -0.05) is 56.5 Å². The van der Waals surface area contributed by atoms with Crippen LogP contribution in [-0.4, -0.2) is 4.98 Å². The zero-order valence-electron chi connectivity index (χ0n) is 12.6. The molecular weight excluding hydrogens is 256 g/mol. The van der Waals surface area contributed by atoms with Crippen LogP contribution >= 0.6 is 0 Å². The standard InChI is InChI=1S/C19H22N2/c1-2-3-4-5-8-14-11-12-18-17(13-14)15-9-6-7-10-16(15)19(20)21-18/h6-7,9-13H,2-5,8H2,1H3,(H2,20,21). The highest BCUT2D eigenvalue weighted by molar-refractivity contribution is 6.09. The first-order valence-corrected chi connectivity index (χ1v) is 7.86. The van der Waals surface area contributed by atoms with Crippen molar-refractivity contribution in [2.75, 3.05) is 5.73 Å². The van der Waals surface area contributed by atoms with Gasteiger partial charge in [0.25, 0.3) is 0 Å². The average Bonchev–Trinajstić information content (AvgIpc) is 2.52. The van der Waals surface area contributed by atoms with Gasteiger partial charge >= 0.3 is 0 Å². The molecule has 0 atom stereocenters. The smallest absolute Gasteiger partial charge is 0.131 e. The van der Waals surface area contributed by atoms with Crippen LogP contribution in [0.2, 0.25) is 0 Å². The molecule has 0 fully saturated rings. The van der Waals surface area contributed by atoms with E-state index in [2.05, 4.69) is 42.2 Å². The van der Waals surface area contributed by atoms with Crippen LogP contribution in [0.25, 0.3) is 21.7 Å². The highest BCUT2D eigenvalue weighted by atomic mass is 14.8. The second kappa shape index (κ2) is 6.13. The zero-order valence-corrected chi connectivity index (χ0v) is 12.6. The summed E-state index contributed by atoms with van der Waals surface area (Å²) in [6.45, 7) is 2.25. The molecule has 2 aromatic carbocycles. The maximum absolute atomic E-state index is 6.06. The van der Waals surface area contributed by atoms with Crippen molar-refractivity contribution in [2.45, 2.75) is 39.0 Å². The third-order valence-corrected chi connectivity index (χ3v) is 4.11. The van der Waals surface area contributed by atoms with E-state index >= 15 is 0 Å². The topological polar surface area (TPSA) is 38.9 Å². The molecule has 2 heteroatoms. The van der Waals surface area contributed by atoms with Crippen LogP contribution in [0.4, 0.5) is 5.82 Å². The van der Waals surface area contributed by atoms with Crippen LogP contribution in [0.5, 0.6) is 0 Å². The summed E-state index contributed by atoms with van der Waals surface area (Å²) in [7, 11) is 0. The number of nitrogens with two attached hydrogens (primary N) is 1. The van der Waals surface area contributed by atoms with E-state index < -0.39 is 0 Å². The van der Waals surface area contributed by atoms with Gasteiger partial charge in [-0.15, -0.1) is 0 Å². The van der Waals surface area contributed by atoms with Gasteiger partial charge in [-0.2, -0.15) is 0 Å². The van der Waals surface area contributed by atoms with Crippen LogP contribution in [0, 0.1) is 0 Å². The van der Waals surface area contributed by atoms with Gasteiger partial charge in [0.2, 0.25) is 0 Å². The normalized spacial score (nSPS) is 11.3. The lowest BCUT2D eigenvalue weighted by atomic mass is 10.0. The average molecular weight is 278 g/mol. The number of hydrogen-bond donors (Lipinski definition) is 1. The molecule has 0 aliphatic rings. The lowest BCUT2D eigenvalue weighted by molar-refractivity contribution is 0.667. The number of nitrogen functional groups attached to an aromatic ring is 1. The SMILES string of the molecule is CCCCCCc1ccc2nc(N)c3ccccc3c2c1. The Bertz CT molecular complexity index is 762. The van der Waals surface area contributed by atoms with E-state index in [1.54, 1.807) is 0 Å². The number of pyridine rings is 1. The van der Waals surface area contributed by atoms with Crippen LogP contribution in [0.3, 0.4) is 0 Å². The number of nitrogens with zero attached hydrogens (tertiary/aromatic N) is 1. The van der Waals surface area contributed by atoms with E-state index in [1.807, 2.05) is 12.1 Å². The minimum absolute atomic E-state index is 0.619. The molecule has 0 aliphatic carbocycles. The molecule has 0 spiro atoms. The summed E-state index contributed by atoms with van der Waals surface area (Å²) in [6.07, 6.45) is 6.34. The fourth-order valence-electron chi connectivity index (χ4n) is 2.94. The van der Waals surface area contributed by atoms with Crippen molar-refractivity contribution in [2.24, 2.45) is 0 Å². The van der Waals surface area contributed by atoms with Crippen molar-refractivity contribution in [3.63, 3.8) is 0 Å². The summed E-state index contributed by atoms with van der Waals surface area (Å²) in [5, 5.41) is 3.47. The van der Waals surface area contributed by atoms with E-state index in [9.17, 15) is 0 Å². The molecule has 0 aliphatic heterocycles. The Balaban J connectivity index is 2.00. The van der Waals surface area contributed by atoms with Gasteiger partial charge in [-0.25, -0.2) is 4.98 Å². The maximum atomic E-state index is 6.06. The molecule has 0 unspecified atom stereocenters. The fraction of sp³-hybridized carbons (Fsp3) is 0.316. The number of fused-ring (bicyclic) bond motifs is 3. The van der Waals surface area contributed by atoms with E-state index in [4.69, 9.17) is 5.73 Å². The van der Waals surface area contributed by atoms with E-state index in [-0.39, 0.29) is 0 Å². The molecule has 2 N–H and O–H groups in total. The van der Waals surface area contributed by atoms with Crippen LogP contribution in [0.15, 0.2) is 42.5 Å². The lowest BCUT2D eigenvalue weighted by Gasteiger charge is -2.08. The Labute approximate surface area is 126 Å². The van der Waals surface area contributed by atoms with Gasteiger partial charge in [0, 0.05) is 10.8 Å². The molecular formula is C19H22N2. The lowest BCUT2D eigenvalue weighted by Crippen LogP contribution is -1.94. The third-order valence-electron chi connectivity index (χ3n) is 4.11. The van der Waals surface area contributed by atoms with Gasteiger partial charge in [0.15, 0.2) is 0 Å². The second-order valence-corrected chi connectivity index (χ2v) is 5.70. The monoisotopic (exact) mass is 278 g/mol. The maximum Gasteiger partial charge on any atom is 0.131 e. The predicted octanol–water partition coefficient (Wildman–Crippen LogP) is 5.09. The van der Waals surface area contributed by atoms with Gasteiger partial charge in [0.05, 0.1) is 5.52 Å². The van der Waals surface area contributed by atoms with Crippen molar-refractivity contribution in [1.29, 1.82) is 0 Å². The van der Waals surface area contributed by atoms with E-state index in [1.165, 1.54) is 42.0 Å². The second-order valence-electron chi connectivity index (χ2n) is 5.70. The van der Waals surface area contributed by atoms with E-state index in [0.717, 1.165) is 17.3 Å². The minimum atomic E-state index is 0.619. The molecule has 21 heavy (non-hydrogen) atoms. The Morgan fingerprint density at radius 3 is 2.52 bits per heavy atom. The first-order valence-electron chi connectivity index (χ1n) is 7.86. The molecule has 108 valence electrons. The van der Waals surface area contributed by atoms with Crippen LogP contribution in [0.1, 0.15) is 38.2 Å². The Morgan fingerprint density at radius 2 is 1.71 bits per heavy atom. The first-order chi connectivity index (χ1) is 10.3. The molecule has 1 heterocycles. The predicted molar refractivity (Wildman–Crippen MR) is 91.5 cm³/mol. The number of benzene rings is 2. The molecule has 2 nitrogen and oxygen atoms in total. The van der Waals surface area contributed by atoms with Crippen molar-refractivity contribution < 1.29 is 0 Å². The minimum Gasteiger partial charge on any atom is -0.383 e. The first kappa shape index (κ1) is 13.9. The summed E-state index contributed by atoms with van der Waals surface area (Å²) in [4.78, 5) is 4.53. The molecule has 1 aromatic heterocycles. The number of anilines is 1. The number of rotatable bonds is 5. The summed E-state index contributed by atoms with van der Waals surface area (Å²) < 4.78 is 0. The molecule has 0 amide bonds. The van der Waals surface area contributed by atoms with Gasteiger partial charge in [0.1, 0.15) is 5.82 Å². The van der Waals surface area contributed by atoms with Crippen molar-refractivity contribution >= 4 is 27.5 Å². The quantitative estimate of drug-likeness (QED) is 0.521. The summed E-state index contributed by atoms with van der Waals surface area (Å²) in [6, 6.07) is 14.8. The summed E-state index contributed by atoms with van der Waals surface area (Å²) >= 11 is 0. The molecule has 0 radical (unpaired) electrons. The largest absolute Gasteiger partial charge is 0.383 e. The number of hydrogen-bond acceptors (Lipinski definition) is 2. The number of aryl methyl sites for hydroxylation is 1. The Kier molecular flexibility index (Phi) is 4.05. The summed E-state index contributed by atoms with van der Waals surface area (Å²) in [5.41, 5.74) is 8.45. The van der Waals surface area contributed by atoms with Gasteiger partial charge in [-0.3, -0.25) is 0 Å². The van der Waals surface area contributed by atoms with Gasteiger partial charge in [-0.05, 0) is 35.9 Å². The third kappa shape index (κ3) is 2.85. The van der Waals surface area contributed by atoms with Crippen molar-refractivity contribution in [3.8, 4) is 0 Å². The van der Waals surface area contributed by atoms with Crippen molar-refractivity contribution in [1.82, 2.24) is 4.98 Å². The van der Waals surface area contributed by atoms with Crippen LogP contribution in [-0.2, 0) is 6.42 Å². The zero-order chi connectivity index (χ0) is 14.7. The number of aromatic nitrogens is 1. The van der Waals surface area contributed by atoms with Gasteiger partial charge < -0.3 is 5.73 Å². The summed E-state index contributed by atoms with van der Waals surface area (Å²) in [5.74, 6) is 0.619. The highest BCUT2D eigenvalue weighted by Gasteiger charge is 2.06.